The molecule has 0 spiro atoms. The number of anilines is 1. The van der Waals surface area contributed by atoms with E-state index in [0.717, 1.165) is 51.5 Å². The molecule has 0 N–H and O–H groups in total. The maximum absolute atomic E-state index is 5.88. The fourth-order valence-electron chi connectivity index (χ4n) is 5.07. The molecule has 3 aromatic rings. The number of ether oxygens (including phenoxy) is 1. The van der Waals surface area contributed by atoms with Gasteiger partial charge in [0.2, 0.25) is 0 Å². The van der Waals surface area contributed by atoms with Crippen LogP contribution in [0.3, 0.4) is 0 Å². The standard InChI is InChI=1S/C26H34N6O/c1-19-7-10-22(11-8-19)25(26-27-28-29-32(26)18-23-5-4-16-33-23)31-14-12-30(13-15-31)24-17-20(2)6-9-21(24)3/h6-11,17,23,25H,4-5,12-16,18H2,1-3H3/t23-,25-/m0/s1. The van der Waals surface area contributed by atoms with E-state index in [-0.39, 0.29) is 12.1 Å². The maximum atomic E-state index is 5.88. The molecule has 0 aliphatic carbocycles. The minimum atomic E-state index is 0.0303. The van der Waals surface area contributed by atoms with Crippen molar-refractivity contribution in [1.29, 1.82) is 0 Å². The summed E-state index contributed by atoms with van der Waals surface area (Å²) in [6.45, 7) is 11.9. The number of aromatic nitrogens is 4. The number of nitrogens with zero attached hydrogens (tertiary/aromatic N) is 6. The summed E-state index contributed by atoms with van der Waals surface area (Å²) in [5, 5.41) is 13.0. The van der Waals surface area contributed by atoms with Crippen LogP contribution in [-0.2, 0) is 11.3 Å². The van der Waals surface area contributed by atoms with Crippen LogP contribution in [0.15, 0.2) is 42.5 Å². The predicted octanol–water partition coefficient (Wildman–Crippen LogP) is 3.69. The van der Waals surface area contributed by atoms with Crippen molar-refractivity contribution in [3.63, 3.8) is 0 Å². The Hall–Kier alpha value is -2.77. The molecule has 33 heavy (non-hydrogen) atoms. The lowest BCUT2D eigenvalue weighted by molar-refractivity contribution is 0.0906. The average Bonchev–Trinajstić information content (AvgIpc) is 3.50. The molecule has 0 radical (unpaired) electrons. The third-order valence-corrected chi connectivity index (χ3v) is 6.98. The summed E-state index contributed by atoms with van der Waals surface area (Å²) in [7, 11) is 0. The highest BCUT2D eigenvalue weighted by Crippen LogP contribution is 2.31. The maximum Gasteiger partial charge on any atom is 0.173 e. The molecule has 1 aromatic heterocycles. The smallest absolute Gasteiger partial charge is 0.173 e. The molecule has 2 aliphatic rings. The summed E-state index contributed by atoms with van der Waals surface area (Å²) in [5.74, 6) is 0.912. The summed E-state index contributed by atoms with van der Waals surface area (Å²) in [5.41, 5.74) is 6.50. The van der Waals surface area contributed by atoms with Gasteiger partial charge in [0.15, 0.2) is 5.82 Å². The Morgan fingerprint density at radius 2 is 1.73 bits per heavy atom. The van der Waals surface area contributed by atoms with Crippen molar-refractivity contribution in [1.82, 2.24) is 25.1 Å². The van der Waals surface area contributed by atoms with Crippen molar-refractivity contribution < 1.29 is 4.74 Å². The molecule has 0 bridgehead atoms. The molecule has 5 rings (SSSR count). The van der Waals surface area contributed by atoms with Crippen LogP contribution < -0.4 is 4.90 Å². The van der Waals surface area contributed by atoms with Gasteiger partial charge in [0.25, 0.3) is 0 Å². The monoisotopic (exact) mass is 446 g/mol. The lowest BCUT2D eigenvalue weighted by Gasteiger charge is -2.40. The highest BCUT2D eigenvalue weighted by molar-refractivity contribution is 5.55. The van der Waals surface area contributed by atoms with Crippen LogP contribution in [0.2, 0.25) is 0 Å². The first-order valence-corrected chi connectivity index (χ1v) is 12.1. The highest BCUT2D eigenvalue weighted by atomic mass is 16.5. The van der Waals surface area contributed by atoms with Gasteiger partial charge in [-0.2, -0.15) is 0 Å². The van der Waals surface area contributed by atoms with Gasteiger partial charge in [-0.25, -0.2) is 4.68 Å². The van der Waals surface area contributed by atoms with E-state index in [1.54, 1.807) is 0 Å². The molecule has 174 valence electrons. The van der Waals surface area contributed by atoms with E-state index in [9.17, 15) is 0 Å². The van der Waals surface area contributed by atoms with Gasteiger partial charge < -0.3 is 9.64 Å². The Morgan fingerprint density at radius 1 is 0.970 bits per heavy atom. The molecular formula is C26H34N6O. The summed E-state index contributed by atoms with van der Waals surface area (Å²) in [6, 6.07) is 15.6. The second-order valence-corrected chi connectivity index (χ2v) is 9.48. The molecule has 0 amide bonds. The fourth-order valence-corrected chi connectivity index (χ4v) is 5.07. The van der Waals surface area contributed by atoms with E-state index < -0.39 is 0 Å². The van der Waals surface area contributed by atoms with Crippen LogP contribution in [0.4, 0.5) is 5.69 Å². The van der Waals surface area contributed by atoms with Crippen LogP contribution >= 0.6 is 0 Å². The first kappa shape index (κ1) is 22.0. The molecule has 2 saturated heterocycles. The summed E-state index contributed by atoms with van der Waals surface area (Å²) < 4.78 is 7.84. The van der Waals surface area contributed by atoms with Gasteiger partial charge in [0.1, 0.15) is 0 Å². The van der Waals surface area contributed by atoms with Gasteiger partial charge in [0.05, 0.1) is 18.7 Å². The number of tetrazole rings is 1. The summed E-state index contributed by atoms with van der Waals surface area (Å²) in [4.78, 5) is 5.05. The third kappa shape index (κ3) is 4.80. The van der Waals surface area contributed by atoms with E-state index in [1.807, 2.05) is 4.68 Å². The summed E-state index contributed by atoms with van der Waals surface area (Å²) in [6.07, 6.45) is 2.39. The normalized spacial score (nSPS) is 20.3. The Bertz CT molecular complexity index is 1060. The highest BCUT2D eigenvalue weighted by Gasteiger charge is 2.32. The van der Waals surface area contributed by atoms with Crippen LogP contribution in [0.25, 0.3) is 0 Å². The lowest BCUT2D eigenvalue weighted by atomic mass is 10.0. The number of hydrogen-bond donors (Lipinski definition) is 0. The van der Waals surface area contributed by atoms with Crippen molar-refractivity contribution in [3.05, 3.63) is 70.5 Å². The topological polar surface area (TPSA) is 59.3 Å². The van der Waals surface area contributed by atoms with E-state index >= 15 is 0 Å². The van der Waals surface area contributed by atoms with Crippen LogP contribution in [0.1, 0.15) is 47.0 Å². The largest absolute Gasteiger partial charge is 0.376 e. The van der Waals surface area contributed by atoms with Gasteiger partial charge in [0, 0.05) is 38.5 Å². The van der Waals surface area contributed by atoms with Crippen LogP contribution in [0.5, 0.6) is 0 Å². The van der Waals surface area contributed by atoms with Crippen LogP contribution in [-0.4, -0.2) is 64.0 Å². The Labute approximate surface area is 196 Å². The number of piperazine rings is 1. The van der Waals surface area contributed by atoms with E-state index in [0.29, 0.717) is 6.54 Å². The Morgan fingerprint density at radius 3 is 2.45 bits per heavy atom. The zero-order valence-corrected chi connectivity index (χ0v) is 19.9. The van der Waals surface area contributed by atoms with Gasteiger partial charge >= 0.3 is 0 Å². The summed E-state index contributed by atoms with van der Waals surface area (Å²) >= 11 is 0. The van der Waals surface area contributed by atoms with Gasteiger partial charge in [-0.1, -0.05) is 42.0 Å². The van der Waals surface area contributed by atoms with E-state index in [2.05, 4.69) is 88.6 Å². The second kappa shape index (κ2) is 9.61. The van der Waals surface area contributed by atoms with Gasteiger partial charge in [-0.15, -0.1) is 5.10 Å². The first-order chi connectivity index (χ1) is 16.1. The molecular weight excluding hydrogens is 412 g/mol. The SMILES string of the molecule is Cc1ccc([C@@H](c2nnnn2C[C@@H]2CCCO2)N2CCN(c3cc(C)ccc3C)CC2)cc1. The number of rotatable bonds is 6. The second-order valence-electron chi connectivity index (χ2n) is 9.48. The molecule has 2 atom stereocenters. The van der Waals surface area contributed by atoms with Gasteiger partial charge in [-0.3, -0.25) is 4.90 Å². The van der Waals surface area contributed by atoms with Gasteiger partial charge in [-0.05, 0) is 66.8 Å². The lowest BCUT2D eigenvalue weighted by Crippen LogP contribution is -2.48. The Balaban J connectivity index is 1.40. The molecule has 2 aromatic carbocycles. The van der Waals surface area contributed by atoms with Crippen molar-refractivity contribution in [2.75, 3.05) is 37.7 Å². The van der Waals surface area contributed by atoms with E-state index in [4.69, 9.17) is 4.74 Å². The van der Waals surface area contributed by atoms with Crippen molar-refractivity contribution in [3.8, 4) is 0 Å². The number of aryl methyl sites for hydroxylation is 3. The molecule has 7 nitrogen and oxygen atoms in total. The number of hydrogen-bond acceptors (Lipinski definition) is 6. The molecule has 0 unspecified atom stereocenters. The minimum absolute atomic E-state index is 0.0303. The predicted molar refractivity (Wildman–Crippen MR) is 130 cm³/mol. The van der Waals surface area contributed by atoms with Crippen molar-refractivity contribution in [2.24, 2.45) is 0 Å². The number of benzene rings is 2. The third-order valence-electron chi connectivity index (χ3n) is 6.98. The first-order valence-electron chi connectivity index (χ1n) is 12.1. The molecule has 7 heteroatoms. The zero-order valence-electron chi connectivity index (χ0n) is 19.9. The van der Waals surface area contributed by atoms with Crippen LogP contribution in [0, 0.1) is 20.8 Å². The molecule has 2 fully saturated rings. The fraction of sp³-hybridized carbons (Fsp3) is 0.500. The molecule has 0 saturated carbocycles. The quantitative estimate of drug-likeness (QED) is 0.576. The average molecular weight is 447 g/mol. The van der Waals surface area contributed by atoms with E-state index in [1.165, 1.54) is 27.9 Å². The molecule has 3 heterocycles. The zero-order chi connectivity index (χ0) is 22.8. The molecule has 2 aliphatic heterocycles. The Kier molecular flexibility index (Phi) is 6.42. The minimum Gasteiger partial charge on any atom is -0.376 e. The van der Waals surface area contributed by atoms with Crippen molar-refractivity contribution in [2.45, 2.75) is 52.3 Å². The van der Waals surface area contributed by atoms with Crippen molar-refractivity contribution >= 4 is 5.69 Å².